The summed E-state index contributed by atoms with van der Waals surface area (Å²) in [7, 11) is 0. The predicted octanol–water partition coefficient (Wildman–Crippen LogP) is 9.01. The molecule has 0 aromatic rings. The molecule has 6 nitrogen and oxygen atoms in total. The lowest BCUT2D eigenvalue weighted by Gasteiger charge is -2.32. The maximum absolute atomic E-state index is 13.1. The first-order chi connectivity index (χ1) is 21.8. The van der Waals surface area contributed by atoms with Crippen LogP contribution in [0.2, 0.25) is 0 Å². The van der Waals surface area contributed by atoms with Gasteiger partial charge in [-0.2, -0.15) is 0 Å². The fourth-order valence-corrected chi connectivity index (χ4v) is 5.15. The summed E-state index contributed by atoms with van der Waals surface area (Å²) in [6.07, 6.45) is 29.9. The highest BCUT2D eigenvalue weighted by Crippen LogP contribution is 2.25. The number of Topliss-reactive ketones (excluding diaryl/α,β-unsaturated/α-hetero) is 3. The number of carbonyl (C=O) groups is 3. The van der Waals surface area contributed by atoms with E-state index in [0.29, 0.717) is 25.7 Å². The first-order valence-electron chi connectivity index (χ1n) is 18.0. The van der Waals surface area contributed by atoms with E-state index in [4.69, 9.17) is 0 Å². The van der Waals surface area contributed by atoms with Gasteiger partial charge in [-0.3, -0.25) is 14.4 Å². The Labute approximate surface area is 275 Å². The summed E-state index contributed by atoms with van der Waals surface area (Å²) < 4.78 is 0. The molecule has 0 saturated heterocycles. The Kier molecular flexibility index (Phi) is 27.9. The van der Waals surface area contributed by atoms with E-state index in [1.165, 1.54) is 19.3 Å². The fourth-order valence-electron chi connectivity index (χ4n) is 5.15. The molecule has 0 aliphatic heterocycles. The molecule has 0 aromatic heterocycles. The zero-order valence-corrected chi connectivity index (χ0v) is 28.9. The lowest BCUT2D eigenvalue weighted by molar-refractivity contribution is -0.174. The van der Waals surface area contributed by atoms with Gasteiger partial charge in [0.05, 0.1) is 0 Å². The molecule has 2 atom stereocenters. The summed E-state index contributed by atoms with van der Waals surface area (Å²) in [6, 6.07) is 0. The summed E-state index contributed by atoms with van der Waals surface area (Å²) in [5.74, 6) is -2.29. The second-order valence-electron chi connectivity index (χ2n) is 12.3. The van der Waals surface area contributed by atoms with Crippen LogP contribution in [0.15, 0.2) is 48.6 Å². The molecule has 0 radical (unpaired) electrons. The molecule has 0 rings (SSSR count). The fraction of sp³-hybridized carbons (Fsp3) is 0.718. The van der Waals surface area contributed by atoms with E-state index < -0.39 is 35.2 Å². The van der Waals surface area contributed by atoms with Gasteiger partial charge in [0.25, 0.3) is 0 Å². The van der Waals surface area contributed by atoms with Crippen LogP contribution in [-0.2, 0) is 14.4 Å². The second-order valence-corrected chi connectivity index (χ2v) is 12.3. The lowest BCUT2D eigenvalue weighted by Crippen LogP contribution is -2.61. The van der Waals surface area contributed by atoms with Gasteiger partial charge in [-0.25, -0.2) is 0 Å². The van der Waals surface area contributed by atoms with Gasteiger partial charge in [-0.15, -0.1) is 0 Å². The number of ketones is 3. The van der Waals surface area contributed by atoms with Gasteiger partial charge < -0.3 is 15.3 Å². The van der Waals surface area contributed by atoms with Crippen molar-refractivity contribution in [1.82, 2.24) is 0 Å². The molecule has 6 heteroatoms. The smallest absolute Gasteiger partial charge is 0.210 e. The van der Waals surface area contributed by atoms with Crippen LogP contribution in [0.5, 0.6) is 0 Å². The topological polar surface area (TPSA) is 112 Å². The van der Waals surface area contributed by atoms with Crippen molar-refractivity contribution >= 4 is 17.3 Å². The van der Waals surface area contributed by atoms with Crippen molar-refractivity contribution < 1.29 is 29.7 Å². The Morgan fingerprint density at radius 2 is 0.889 bits per heavy atom. The van der Waals surface area contributed by atoms with Gasteiger partial charge >= 0.3 is 0 Å². The number of aliphatic hydroxyl groups excluding tert-OH is 2. The van der Waals surface area contributed by atoms with E-state index in [1.807, 2.05) is 12.2 Å². The van der Waals surface area contributed by atoms with Crippen molar-refractivity contribution in [3.8, 4) is 0 Å². The van der Waals surface area contributed by atoms with Crippen LogP contribution in [-0.4, -0.2) is 50.5 Å². The molecular formula is C39H66O6. The minimum Gasteiger partial charge on any atom is -0.386 e. The molecule has 3 N–H and O–H groups in total. The molecule has 0 saturated carbocycles. The summed E-state index contributed by atoms with van der Waals surface area (Å²) in [6.45, 7) is 6.39. The Balaban J connectivity index is 4.73. The van der Waals surface area contributed by atoms with Crippen molar-refractivity contribution in [2.24, 2.45) is 0 Å². The quantitative estimate of drug-likeness (QED) is 0.0400. The highest BCUT2D eigenvalue weighted by molar-refractivity contribution is 6.11. The summed E-state index contributed by atoms with van der Waals surface area (Å²) >= 11 is 0. The molecule has 0 spiro atoms. The molecule has 0 aliphatic rings. The number of aliphatic hydroxyl groups is 3. The monoisotopic (exact) mass is 630 g/mol. The maximum Gasteiger partial charge on any atom is 0.210 e. The lowest BCUT2D eigenvalue weighted by atomic mass is 9.79. The molecule has 0 aliphatic carbocycles. The molecule has 0 aromatic carbocycles. The Hall–Kier alpha value is -2.15. The van der Waals surface area contributed by atoms with Crippen LogP contribution in [0.4, 0.5) is 0 Å². The van der Waals surface area contributed by atoms with Crippen LogP contribution < -0.4 is 0 Å². The van der Waals surface area contributed by atoms with Crippen LogP contribution in [0.3, 0.4) is 0 Å². The number of hydrogen-bond donors (Lipinski definition) is 3. The molecule has 0 bridgehead atoms. The van der Waals surface area contributed by atoms with Crippen LogP contribution in [0, 0.1) is 0 Å². The molecule has 2 unspecified atom stereocenters. The van der Waals surface area contributed by atoms with Gasteiger partial charge in [-0.1, -0.05) is 134 Å². The third-order valence-corrected chi connectivity index (χ3v) is 8.17. The standard InChI is InChI=1S/C39H66O6/c1-4-7-10-13-14-15-16-17-18-19-20-21-22-23-24-27-28-31-34(40)37(43)38(44)39(45,35(41)32-29-25-11-8-5-2)36(42)33-30-26-12-9-6-3/h14-15,17-18,20-21,23-24,37-38,43-45H,4-13,16,19,22,25-33H2,1-3H3/b15-14-,18-17-,21-20-,24-23-. The van der Waals surface area contributed by atoms with Gasteiger partial charge in [-0.05, 0) is 57.8 Å². The number of allylic oxidation sites excluding steroid dienone is 8. The third-order valence-electron chi connectivity index (χ3n) is 8.17. The Bertz CT molecular complexity index is 858. The van der Waals surface area contributed by atoms with Gasteiger partial charge in [0, 0.05) is 19.3 Å². The van der Waals surface area contributed by atoms with Crippen LogP contribution in [0.1, 0.15) is 162 Å². The largest absolute Gasteiger partial charge is 0.386 e. The van der Waals surface area contributed by atoms with Crippen molar-refractivity contribution in [3.63, 3.8) is 0 Å². The van der Waals surface area contributed by atoms with Gasteiger partial charge in [0.15, 0.2) is 17.3 Å². The second kappa shape index (κ2) is 29.3. The molecule has 258 valence electrons. The molecular weight excluding hydrogens is 564 g/mol. The van der Waals surface area contributed by atoms with Gasteiger partial charge in [0.1, 0.15) is 12.2 Å². The normalized spacial score (nSPS) is 13.9. The molecule has 0 fully saturated rings. The molecule has 45 heavy (non-hydrogen) atoms. The van der Waals surface area contributed by atoms with Crippen LogP contribution >= 0.6 is 0 Å². The summed E-state index contributed by atoms with van der Waals surface area (Å²) in [5.41, 5.74) is -2.77. The van der Waals surface area contributed by atoms with Crippen molar-refractivity contribution in [1.29, 1.82) is 0 Å². The van der Waals surface area contributed by atoms with E-state index in [9.17, 15) is 29.7 Å². The van der Waals surface area contributed by atoms with E-state index in [-0.39, 0.29) is 19.3 Å². The highest BCUT2D eigenvalue weighted by atomic mass is 16.4. The number of rotatable bonds is 31. The zero-order chi connectivity index (χ0) is 33.6. The Morgan fingerprint density at radius 3 is 1.33 bits per heavy atom. The average molecular weight is 631 g/mol. The van der Waals surface area contributed by atoms with Crippen LogP contribution in [0.25, 0.3) is 0 Å². The minimum absolute atomic E-state index is 0.0251. The van der Waals surface area contributed by atoms with Crippen molar-refractivity contribution in [2.75, 3.05) is 0 Å². The number of hydrogen-bond acceptors (Lipinski definition) is 6. The predicted molar refractivity (Wildman–Crippen MR) is 187 cm³/mol. The third kappa shape index (κ3) is 20.6. The number of carbonyl (C=O) groups excluding carboxylic acids is 3. The van der Waals surface area contributed by atoms with E-state index in [1.54, 1.807) is 0 Å². The molecule has 0 heterocycles. The first-order valence-corrected chi connectivity index (χ1v) is 18.0. The van der Waals surface area contributed by atoms with E-state index >= 15 is 0 Å². The highest BCUT2D eigenvalue weighted by Gasteiger charge is 2.52. The van der Waals surface area contributed by atoms with Crippen molar-refractivity contribution in [3.05, 3.63) is 48.6 Å². The Morgan fingerprint density at radius 1 is 0.511 bits per heavy atom. The van der Waals surface area contributed by atoms with E-state index in [2.05, 4.69) is 57.2 Å². The maximum atomic E-state index is 13.1. The number of unbranched alkanes of at least 4 members (excludes halogenated alkanes) is 12. The minimum atomic E-state index is -2.77. The van der Waals surface area contributed by atoms with Crippen molar-refractivity contribution in [2.45, 2.75) is 180 Å². The zero-order valence-electron chi connectivity index (χ0n) is 28.9. The summed E-state index contributed by atoms with van der Waals surface area (Å²) in [5, 5.41) is 32.8. The van der Waals surface area contributed by atoms with Gasteiger partial charge in [0.2, 0.25) is 5.60 Å². The SMILES string of the molecule is CCCCC/C=C\C/C=C\C/C=C\C/C=C\CCCC(=O)C(O)C(O)C(O)(C(=O)CCCCCCC)C(=O)CCCCCCC. The summed E-state index contributed by atoms with van der Waals surface area (Å²) in [4.78, 5) is 38.9. The van der Waals surface area contributed by atoms with E-state index in [0.717, 1.165) is 77.0 Å². The molecule has 0 amide bonds. The average Bonchev–Trinajstić information content (AvgIpc) is 3.04. The first kappa shape index (κ1) is 42.9.